The zero-order chi connectivity index (χ0) is 27.0. The fourth-order valence-corrected chi connectivity index (χ4v) is 4.26. The van der Waals surface area contributed by atoms with E-state index in [9.17, 15) is 18.0 Å². The molecule has 202 valence electrons. The zero-order valence-corrected chi connectivity index (χ0v) is 20.6. The van der Waals surface area contributed by atoms with Gasteiger partial charge in [0.05, 0.1) is 18.8 Å². The van der Waals surface area contributed by atoms with E-state index in [1.165, 1.54) is 7.05 Å². The number of morpholine rings is 1. The van der Waals surface area contributed by atoms with Crippen LogP contribution in [0.2, 0.25) is 0 Å². The van der Waals surface area contributed by atoms with Crippen LogP contribution < -0.4 is 21.5 Å². The number of nitrogens with zero attached hydrogens (tertiary/aromatic N) is 5. The van der Waals surface area contributed by atoms with Crippen LogP contribution in [-0.2, 0) is 22.3 Å². The lowest BCUT2D eigenvalue weighted by Crippen LogP contribution is -2.42. The summed E-state index contributed by atoms with van der Waals surface area (Å²) in [6, 6.07) is 2.54. The van der Waals surface area contributed by atoms with Crippen LogP contribution in [-0.4, -0.2) is 90.8 Å². The van der Waals surface area contributed by atoms with Crippen molar-refractivity contribution in [3.8, 4) is 11.4 Å². The monoisotopic (exact) mass is 524 g/mol. The first-order valence-corrected chi connectivity index (χ1v) is 11.7. The van der Waals surface area contributed by atoms with Crippen molar-refractivity contribution in [2.45, 2.75) is 12.7 Å². The van der Waals surface area contributed by atoms with Gasteiger partial charge in [0.15, 0.2) is 11.6 Å². The maximum atomic E-state index is 13.7. The number of anilines is 1. The van der Waals surface area contributed by atoms with Crippen molar-refractivity contribution < 1.29 is 22.7 Å². The van der Waals surface area contributed by atoms with E-state index in [1.807, 2.05) is 24.0 Å². The molecule has 0 radical (unpaired) electrons. The summed E-state index contributed by atoms with van der Waals surface area (Å²) in [5.74, 6) is 0.450. The first kappa shape index (κ1) is 28.2. The number of halogens is 3. The lowest BCUT2D eigenvalue weighted by atomic mass is 10.1. The largest absolute Gasteiger partial charge is 0.417 e. The van der Waals surface area contributed by atoms with Crippen LogP contribution in [0.3, 0.4) is 0 Å². The highest BCUT2D eigenvalue weighted by molar-refractivity contribution is 5.73. The molecule has 0 saturated carbocycles. The second-order valence-electron chi connectivity index (χ2n) is 8.19. The molecule has 2 aliphatic rings. The van der Waals surface area contributed by atoms with E-state index >= 15 is 0 Å². The summed E-state index contributed by atoms with van der Waals surface area (Å²) < 4.78 is 48.1. The van der Waals surface area contributed by atoms with Gasteiger partial charge in [0.25, 0.3) is 0 Å². The highest BCUT2D eigenvalue weighted by Gasteiger charge is 2.35. The number of piperazine rings is 1. The third kappa shape index (κ3) is 6.71. The summed E-state index contributed by atoms with van der Waals surface area (Å²) in [6.45, 7) is 8.56. The minimum absolute atomic E-state index is 0.100. The molecule has 2 saturated heterocycles. The molecular weight excluding hydrogens is 493 g/mol. The predicted octanol–water partition coefficient (Wildman–Crippen LogP) is 0.735. The van der Waals surface area contributed by atoms with Gasteiger partial charge in [-0.2, -0.15) is 13.2 Å². The average molecular weight is 525 g/mol. The topological polar surface area (TPSA) is 134 Å². The van der Waals surface area contributed by atoms with Crippen molar-refractivity contribution in [3.63, 3.8) is 0 Å². The van der Waals surface area contributed by atoms with Gasteiger partial charge in [-0.25, -0.2) is 9.50 Å². The maximum Gasteiger partial charge on any atom is 0.417 e. The molecule has 2 fully saturated rings. The van der Waals surface area contributed by atoms with Crippen LogP contribution >= 0.6 is 0 Å². The molecule has 0 atom stereocenters. The molecule has 3 aromatic rings. The second-order valence-corrected chi connectivity index (χ2v) is 8.19. The third-order valence-electron chi connectivity index (χ3n) is 5.90. The molecule has 0 unspecified atom stereocenters. The Balaban J connectivity index is 0.000000907. The molecule has 37 heavy (non-hydrogen) atoms. The Bertz CT molecular complexity index is 1220. The second kappa shape index (κ2) is 12.8. The lowest BCUT2D eigenvalue weighted by Gasteiger charge is -2.28. The van der Waals surface area contributed by atoms with Crippen LogP contribution in [0, 0.1) is 0 Å². The number of hydrogen-bond acceptors (Lipinski definition) is 9. The summed E-state index contributed by atoms with van der Waals surface area (Å²) in [5.41, 5.74) is 4.07. The summed E-state index contributed by atoms with van der Waals surface area (Å²) in [4.78, 5) is 30.8. The van der Waals surface area contributed by atoms with Gasteiger partial charge in [-0.3, -0.25) is 9.69 Å². The molecule has 0 aromatic carbocycles. The molecule has 5 rings (SSSR count). The third-order valence-corrected chi connectivity index (χ3v) is 5.90. The van der Waals surface area contributed by atoms with Gasteiger partial charge in [-0.1, -0.05) is 0 Å². The molecule has 3 aromatic heterocycles. The fourth-order valence-electron chi connectivity index (χ4n) is 4.26. The predicted molar refractivity (Wildman–Crippen MR) is 132 cm³/mol. The van der Waals surface area contributed by atoms with Gasteiger partial charge >= 0.3 is 6.18 Å². The van der Waals surface area contributed by atoms with Crippen LogP contribution in [0.15, 0.2) is 29.3 Å². The minimum atomic E-state index is -4.72. The quantitative estimate of drug-likeness (QED) is 0.452. The Hall–Kier alpha value is -3.33. The number of nitrogens with one attached hydrogen (secondary N) is 2. The number of ether oxygens (including phenoxy) is 1. The number of pyridine rings is 1. The number of aromatic amines is 1. The van der Waals surface area contributed by atoms with Gasteiger partial charge in [0, 0.05) is 69.8 Å². The van der Waals surface area contributed by atoms with E-state index in [1.54, 1.807) is 4.52 Å². The minimum Gasteiger partial charge on any atom is -0.378 e. The first-order valence-electron chi connectivity index (χ1n) is 11.7. The van der Waals surface area contributed by atoms with Gasteiger partial charge in [-0.05, 0) is 18.7 Å². The normalized spacial score (nSPS) is 16.5. The van der Waals surface area contributed by atoms with Crippen LogP contribution in [0.5, 0.6) is 0 Å². The van der Waals surface area contributed by atoms with E-state index in [4.69, 9.17) is 9.53 Å². The number of rotatable bonds is 4. The Morgan fingerprint density at radius 2 is 1.78 bits per heavy atom. The van der Waals surface area contributed by atoms with E-state index < -0.39 is 17.3 Å². The standard InChI is InChI=1S/C21H24F3N7O2.CH5N.CH2O/c22-21(23,24)16-10-18(32)26-11-15(16)19-27-20(30-5-7-33-8-6-30)17-9-14(13-31(17)28-19)12-29-3-1-25-2-4-29;2*1-2/h9-11,13,25H,1-8,12H2,(H,26,32);2H2,1H3;1H2. The van der Waals surface area contributed by atoms with Gasteiger partial charge < -0.3 is 30.5 Å². The average Bonchev–Trinajstić information content (AvgIpc) is 3.33. The molecule has 2 aliphatic heterocycles. The van der Waals surface area contributed by atoms with E-state index in [0.29, 0.717) is 38.2 Å². The number of H-pyrrole nitrogens is 1. The number of hydrogen-bond donors (Lipinski definition) is 3. The van der Waals surface area contributed by atoms with E-state index in [2.05, 4.69) is 31.0 Å². The first-order chi connectivity index (χ1) is 17.9. The van der Waals surface area contributed by atoms with Crippen molar-refractivity contribution in [2.75, 3.05) is 64.4 Å². The summed E-state index contributed by atoms with van der Waals surface area (Å²) in [6.07, 6.45) is -1.85. The molecular formula is C23H31F3N8O3. The van der Waals surface area contributed by atoms with Crippen LogP contribution in [0.1, 0.15) is 11.1 Å². The highest BCUT2D eigenvalue weighted by atomic mass is 19.4. The summed E-state index contributed by atoms with van der Waals surface area (Å²) in [7, 11) is 1.50. The molecule has 14 heteroatoms. The smallest absolute Gasteiger partial charge is 0.378 e. The number of nitrogens with two attached hydrogens (primary N) is 1. The molecule has 5 heterocycles. The summed E-state index contributed by atoms with van der Waals surface area (Å²) in [5, 5.41) is 7.73. The van der Waals surface area contributed by atoms with E-state index in [-0.39, 0.29) is 11.4 Å². The number of carbonyl (C=O) groups excluding carboxylic acids is 1. The molecule has 4 N–H and O–H groups in total. The number of fused-ring (bicyclic) bond motifs is 1. The molecule has 0 aliphatic carbocycles. The van der Waals surface area contributed by atoms with Crippen LogP contribution in [0.4, 0.5) is 19.0 Å². The van der Waals surface area contributed by atoms with Crippen molar-refractivity contribution in [1.82, 2.24) is 29.8 Å². The number of aromatic nitrogens is 4. The van der Waals surface area contributed by atoms with Crippen molar-refractivity contribution in [1.29, 1.82) is 0 Å². The van der Waals surface area contributed by atoms with Gasteiger partial charge in [-0.15, -0.1) is 5.10 Å². The Morgan fingerprint density at radius 1 is 1.11 bits per heavy atom. The Morgan fingerprint density at radius 3 is 2.43 bits per heavy atom. The number of alkyl halides is 3. The molecule has 11 nitrogen and oxygen atoms in total. The fraction of sp³-hybridized carbons (Fsp3) is 0.478. The summed E-state index contributed by atoms with van der Waals surface area (Å²) >= 11 is 0. The molecule has 0 spiro atoms. The lowest BCUT2D eigenvalue weighted by molar-refractivity contribution is -0.137. The van der Waals surface area contributed by atoms with Crippen LogP contribution in [0.25, 0.3) is 16.9 Å². The van der Waals surface area contributed by atoms with Gasteiger partial charge in [0.2, 0.25) is 5.56 Å². The van der Waals surface area contributed by atoms with Crippen molar-refractivity contribution in [2.24, 2.45) is 5.73 Å². The number of carbonyl (C=O) groups is 1. The highest BCUT2D eigenvalue weighted by Crippen LogP contribution is 2.35. The van der Waals surface area contributed by atoms with Gasteiger partial charge in [0.1, 0.15) is 12.3 Å². The molecule has 0 amide bonds. The van der Waals surface area contributed by atoms with Crippen molar-refractivity contribution in [3.05, 3.63) is 46.0 Å². The Kier molecular flexibility index (Phi) is 9.74. The zero-order valence-electron chi connectivity index (χ0n) is 20.6. The van der Waals surface area contributed by atoms with E-state index in [0.717, 1.165) is 50.0 Å². The molecule has 0 bridgehead atoms. The maximum absolute atomic E-state index is 13.7. The SMILES string of the molecule is C=O.CN.O=c1cc(C(F)(F)F)c(-c2nc(N3CCOCC3)c3cc(CN4CCNCC4)cn3n2)c[nH]1. The Labute approximate surface area is 211 Å². The van der Waals surface area contributed by atoms with Crippen molar-refractivity contribution >= 4 is 18.1 Å².